The van der Waals surface area contributed by atoms with Crippen LogP contribution < -0.4 is 11.5 Å². The molecule has 0 aromatic rings. The Hall–Kier alpha value is -2.18. The van der Waals surface area contributed by atoms with Gasteiger partial charge in [-0.15, -0.1) is 0 Å². The summed E-state index contributed by atoms with van der Waals surface area (Å²) in [6.07, 6.45) is 54.9. The van der Waals surface area contributed by atoms with Gasteiger partial charge in [0.1, 0.15) is 0 Å². The van der Waals surface area contributed by atoms with Crippen molar-refractivity contribution in [2.75, 3.05) is 19.7 Å². The van der Waals surface area contributed by atoms with E-state index in [-0.39, 0.29) is 11.9 Å². The molecule has 0 aliphatic rings. The molecule has 1 atom stereocenters. The molecule has 0 saturated carbocycles. The van der Waals surface area contributed by atoms with Crippen molar-refractivity contribution < 1.29 is 19.4 Å². The van der Waals surface area contributed by atoms with Crippen molar-refractivity contribution in [1.29, 1.82) is 0 Å². The van der Waals surface area contributed by atoms with Crippen molar-refractivity contribution in [3.63, 3.8) is 0 Å². The van der Waals surface area contributed by atoms with Gasteiger partial charge in [-0.1, -0.05) is 159 Å². The van der Waals surface area contributed by atoms with Crippen LogP contribution in [0.5, 0.6) is 0 Å². The van der Waals surface area contributed by atoms with Crippen LogP contribution in [0.1, 0.15) is 219 Å². The highest BCUT2D eigenvalue weighted by atomic mass is 16.5. The van der Waals surface area contributed by atoms with Crippen LogP contribution in [-0.4, -0.2) is 36.7 Å². The monoisotopic (exact) mass is 759 g/mol. The number of esters is 1. The highest BCUT2D eigenvalue weighted by Crippen LogP contribution is 2.18. The van der Waals surface area contributed by atoms with E-state index in [0.29, 0.717) is 26.1 Å². The topological polar surface area (TPSA) is 116 Å². The van der Waals surface area contributed by atoms with E-state index in [0.717, 1.165) is 70.6 Å². The van der Waals surface area contributed by atoms with Gasteiger partial charge in [0.05, 0.1) is 12.5 Å². The highest BCUT2D eigenvalue weighted by Gasteiger charge is 2.16. The zero-order valence-electron chi connectivity index (χ0n) is 35.8. The molecule has 0 aromatic carbocycles. The first-order chi connectivity index (χ1) is 26.5. The van der Waals surface area contributed by atoms with Crippen molar-refractivity contribution in [3.05, 3.63) is 48.6 Å². The Bertz CT molecular complexity index is 880. The van der Waals surface area contributed by atoms with Crippen LogP contribution in [0.3, 0.4) is 0 Å². The Morgan fingerprint density at radius 3 is 1.30 bits per heavy atom. The summed E-state index contributed by atoms with van der Waals surface area (Å²) < 4.78 is 5.26. The van der Waals surface area contributed by atoms with E-state index in [1.807, 2.05) is 0 Å². The molecule has 0 heterocycles. The predicted octanol–water partition coefficient (Wildman–Crippen LogP) is 13.9. The van der Waals surface area contributed by atoms with E-state index in [4.69, 9.17) is 16.2 Å². The standard InChI is InChI=1S/2C24H45NO2/c1-2-3-4-5-6-7-8-9-10-11-12-13-14-15-16-20-23-27-24(26)21-18-17-19-22-25;1-2-3-4-5-6-7-8-9-10-11-12-13-14-15-16-17-20-23(24(26)27)21-18-19-22-25/h6-7,9-10H,2-5,8,11-23,25H2,1H3;6-7,9-10,23H,2-5,8,11-22,25H2,1H3,(H,26,27)/b2*7-6-,10-9-. The first kappa shape index (κ1) is 53.9. The highest BCUT2D eigenvalue weighted by molar-refractivity contribution is 5.70. The molecule has 0 aliphatic carbocycles. The summed E-state index contributed by atoms with van der Waals surface area (Å²) in [4.78, 5) is 22.7. The molecule has 54 heavy (non-hydrogen) atoms. The fourth-order valence-electron chi connectivity index (χ4n) is 6.24. The van der Waals surface area contributed by atoms with Crippen LogP contribution in [0.4, 0.5) is 0 Å². The number of hydrogen-bond donors (Lipinski definition) is 3. The van der Waals surface area contributed by atoms with Gasteiger partial charge >= 0.3 is 11.9 Å². The van der Waals surface area contributed by atoms with Crippen LogP contribution in [0.2, 0.25) is 0 Å². The number of carboxylic acids is 1. The molecule has 0 fully saturated rings. The minimum Gasteiger partial charge on any atom is -0.481 e. The number of nitrogens with two attached hydrogens (primary N) is 2. The average molecular weight is 759 g/mol. The molecular formula is C48H90N2O4. The molecule has 6 heteroatoms. The van der Waals surface area contributed by atoms with Gasteiger partial charge < -0.3 is 21.3 Å². The second kappa shape index (κ2) is 48.8. The second-order valence-corrected chi connectivity index (χ2v) is 15.1. The lowest BCUT2D eigenvalue weighted by atomic mass is 9.95. The molecule has 0 bridgehead atoms. The first-order valence-electron chi connectivity index (χ1n) is 22.9. The van der Waals surface area contributed by atoms with Gasteiger partial charge in [-0.3, -0.25) is 9.59 Å². The number of carbonyl (C=O) groups excluding carboxylic acids is 1. The van der Waals surface area contributed by atoms with Crippen molar-refractivity contribution in [1.82, 2.24) is 0 Å². The van der Waals surface area contributed by atoms with E-state index in [1.54, 1.807) is 0 Å². The Balaban J connectivity index is 0. The van der Waals surface area contributed by atoms with E-state index in [9.17, 15) is 14.7 Å². The SMILES string of the molecule is CCCCC/C=C\C/C=C\CCCCCCCCC(CCCCN)C(=O)O.CCCCC/C=C\C/C=C\CCCCCCCCOC(=O)CCCCCN. The quantitative estimate of drug-likeness (QED) is 0.0325. The molecule has 0 amide bonds. The summed E-state index contributed by atoms with van der Waals surface area (Å²) in [6, 6.07) is 0. The van der Waals surface area contributed by atoms with Gasteiger partial charge in [-0.05, 0) is 116 Å². The number of allylic oxidation sites excluding steroid dienone is 8. The summed E-state index contributed by atoms with van der Waals surface area (Å²) in [6.45, 7) is 6.45. The molecule has 0 aliphatic heterocycles. The van der Waals surface area contributed by atoms with Gasteiger partial charge in [0, 0.05) is 6.42 Å². The molecule has 316 valence electrons. The number of ether oxygens (including phenoxy) is 1. The van der Waals surface area contributed by atoms with Gasteiger partial charge in [-0.2, -0.15) is 0 Å². The number of carboxylic acid groups (broad SMARTS) is 1. The number of unbranched alkanes of at least 4 members (excludes halogenated alkanes) is 21. The summed E-state index contributed by atoms with van der Waals surface area (Å²) in [5, 5.41) is 9.26. The van der Waals surface area contributed by atoms with Gasteiger partial charge in [0.2, 0.25) is 0 Å². The maximum atomic E-state index is 11.5. The zero-order valence-corrected chi connectivity index (χ0v) is 35.8. The van der Waals surface area contributed by atoms with E-state index in [2.05, 4.69) is 62.5 Å². The van der Waals surface area contributed by atoms with E-state index < -0.39 is 5.97 Å². The maximum Gasteiger partial charge on any atom is 0.306 e. The number of hydrogen-bond acceptors (Lipinski definition) is 5. The van der Waals surface area contributed by atoms with Crippen molar-refractivity contribution in [2.24, 2.45) is 17.4 Å². The summed E-state index contributed by atoms with van der Waals surface area (Å²) in [5.74, 6) is -0.841. The van der Waals surface area contributed by atoms with Crippen LogP contribution in [-0.2, 0) is 14.3 Å². The summed E-state index contributed by atoms with van der Waals surface area (Å²) in [5.41, 5.74) is 10.9. The molecule has 0 radical (unpaired) electrons. The third-order valence-electron chi connectivity index (χ3n) is 9.80. The van der Waals surface area contributed by atoms with Crippen molar-refractivity contribution in [2.45, 2.75) is 219 Å². The largest absolute Gasteiger partial charge is 0.481 e. The van der Waals surface area contributed by atoms with Crippen molar-refractivity contribution in [3.8, 4) is 0 Å². The lowest BCUT2D eigenvalue weighted by Gasteiger charge is -2.11. The smallest absolute Gasteiger partial charge is 0.306 e. The minimum absolute atomic E-state index is 0.0467. The first-order valence-corrected chi connectivity index (χ1v) is 22.9. The normalized spacial score (nSPS) is 12.3. The zero-order chi connectivity index (χ0) is 39.8. The molecule has 0 aromatic heterocycles. The average Bonchev–Trinajstić information content (AvgIpc) is 3.17. The predicted molar refractivity (Wildman–Crippen MR) is 236 cm³/mol. The minimum atomic E-state index is -0.630. The Morgan fingerprint density at radius 1 is 0.481 bits per heavy atom. The van der Waals surface area contributed by atoms with Gasteiger partial charge in [0.15, 0.2) is 0 Å². The molecule has 0 rings (SSSR count). The van der Waals surface area contributed by atoms with Crippen molar-refractivity contribution >= 4 is 11.9 Å². The van der Waals surface area contributed by atoms with Crippen LogP contribution in [0, 0.1) is 5.92 Å². The van der Waals surface area contributed by atoms with Crippen LogP contribution in [0.25, 0.3) is 0 Å². The molecule has 0 saturated heterocycles. The third kappa shape index (κ3) is 47.8. The lowest BCUT2D eigenvalue weighted by molar-refractivity contribution is -0.144. The molecule has 6 nitrogen and oxygen atoms in total. The Labute approximate surface area is 335 Å². The Morgan fingerprint density at radius 2 is 0.852 bits per heavy atom. The van der Waals surface area contributed by atoms with E-state index in [1.165, 1.54) is 128 Å². The lowest BCUT2D eigenvalue weighted by Crippen LogP contribution is -2.14. The fourth-order valence-corrected chi connectivity index (χ4v) is 6.24. The molecule has 5 N–H and O–H groups in total. The number of aliphatic carboxylic acids is 1. The van der Waals surface area contributed by atoms with Gasteiger partial charge in [0.25, 0.3) is 0 Å². The van der Waals surface area contributed by atoms with E-state index >= 15 is 0 Å². The third-order valence-corrected chi connectivity index (χ3v) is 9.80. The summed E-state index contributed by atoms with van der Waals surface area (Å²) >= 11 is 0. The molecule has 0 spiro atoms. The number of carbonyl (C=O) groups is 2. The number of rotatable bonds is 40. The fraction of sp³-hybridized carbons (Fsp3) is 0.792. The van der Waals surface area contributed by atoms with Gasteiger partial charge in [-0.25, -0.2) is 0 Å². The molecular weight excluding hydrogens is 669 g/mol. The molecule has 1 unspecified atom stereocenters. The van der Waals surface area contributed by atoms with Crippen LogP contribution in [0.15, 0.2) is 48.6 Å². The summed E-state index contributed by atoms with van der Waals surface area (Å²) in [7, 11) is 0. The Kier molecular flexibility index (Phi) is 48.8. The maximum absolute atomic E-state index is 11.5. The van der Waals surface area contributed by atoms with Crippen LogP contribution >= 0.6 is 0 Å². The second-order valence-electron chi connectivity index (χ2n) is 15.1.